The van der Waals surface area contributed by atoms with Gasteiger partial charge in [-0.2, -0.15) is 4.37 Å². The van der Waals surface area contributed by atoms with Gasteiger partial charge in [-0.1, -0.05) is 19.1 Å². The van der Waals surface area contributed by atoms with Crippen molar-refractivity contribution >= 4 is 46.6 Å². The quantitative estimate of drug-likeness (QED) is 0.385. The van der Waals surface area contributed by atoms with Crippen LogP contribution < -0.4 is 10.2 Å². The van der Waals surface area contributed by atoms with E-state index in [0.717, 1.165) is 61.6 Å². The maximum atomic E-state index is 13.3. The first kappa shape index (κ1) is 21.8. The van der Waals surface area contributed by atoms with E-state index in [-0.39, 0.29) is 29.8 Å². The molecule has 6 nitrogen and oxygen atoms in total. The predicted octanol–water partition coefficient (Wildman–Crippen LogP) is 3.15. The van der Waals surface area contributed by atoms with Crippen molar-refractivity contribution in [2.24, 2.45) is 4.99 Å². The number of piperazine rings is 1. The van der Waals surface area contributed by atoms with Crippen molar-refractivity contribution in [3.8, 4) is 0 Å². The Morgan fingerprint density at radius 1 is 1.26 bits per heavy atom. The van der Waals surface area contributed by atoms with Gasteiger partial charge in [0.1, 0.15) is 11.6 Å². The number of guanidine groups is 1. The number of aromatic nitrogens is 2. The van der Waals surface area contributed by atoms with Gasteiger partial charge in [0.2, 0.25) is 5.13 Å². The Bertz CT molecular complexity index is 745. The number of nitrogens with one attached hydrogen (secondary N) is 1. The van der Waals surface area contributed by atoms with Crippen LogP contribution in [0, 0.1) is 5.82 Å². The first-order chi connectivity index (χ1) is 12.7. The van der Waals surface area contributed by atoms with Crippen molar-refractivity contribution in [1.82, 2.24) is 19.6 Å². The molecule has 1 aromatic heterocycles. The van der Waals surface area contributed by atoms with E-state index < -0.39 is 0 Å². The first-order valence-electron chi connectivity index (χ1n) is 9.04. The van der Waals surface area contributed by atoms with Crippen LogP contribution in [-0.2, 0) is 13.0 Å². The molecule has 0 bridgehead atoms. The zero-order valence-electron chi connectivity index (χ0n) is 15.7. The molecule has 3 rings (SSSR count). The number of rotatable bonds is 5. The van der Waals surface area contributed by atoms with E-state index in [1.807, 2.05) is 6.07 Å². The average molecular weight is 504 g/mol. The number of aliphatic imine (C=N–C) groups is 1. The summed E-state index contributed by atoms with van der Waals surface area (Å²) in [4.78, 5) is 13.8. The van der Waals surface area contributed by atoms with Gasteiger partial charge in [0, 0.05) is 50.7 Å². The third-order valence-corrected chi connectivity index (χ3v) is 5.07. The minimum Gasteiger partial charge on any atom is -0.357 e. The lowest BCUT2D eigenvalue weighted by Crippen LogP contribution is -2.52. The van der Waals surface area contributed by atoms with Gasteiger partial charge in [-0.05, 0) is 24.6 Å². The van der Waals surface area contributed by atoms with Crippen LogP contribution in [0.2, 0.25) is 0 Å². The number of benzene rings is 1. The molecule has 9 heteroatoms. The van der Waals surface area contributed by atoms with Crippen LogP contribution in [0.25, 0.3) is 0 Å². The summed E-state index contributed by atoms with van der Waals surface area (Å²) >= 11 is 1.47. The third-order valence-electron chi connectivity index (χ3n) is 4.26. The summed E-state index contributed by atoms with van der Waals surface area (Å²) in [5.41, 5.74) is 0.875. The second-order valence-corrected chi connectivity index (χ2v) is 6.85. The number of halogens is 2. The lowest BCUT2D eigenvalue weighted by molar-refractivity contribution is 0.372. The van der Waals surface area contributed by atoms with E-state index in [0.29, 0.717) is 6.54 Å². The van der Waals surface area contributed by atoms with Crippen LogP contribution >= 0.6 is 35.5 Å². The Hall–Kier alpha value is -1.49. The van der Waals surface area contributed by atoms with Crippen LogP contribution in [0.3, 0.4) is 0 Å². The van der Waals surface area contributed by atoms with Gasteiger partial charge in [0.25, 0.3) is 0 Å². The topological polar surface area (TPSA) is 56.7 Å². The van der Waals surface area contributed by atoms with E-state index in [9.17, 15) is 4.39 Å². The Balaban J connectivity index is 0.00000261. The zero-order valence-corrected chi connectivity index (χ0v) is 18.8. The van der Waals surface area contributed by atoms with Crippen molar-refractivity contribution in [2.75, 3.05) is 37.6 Å². The summed E-state index contributed by atoms with van der Waals surface area (Å²) in [6.07, 6.45) is 0.869. The minimum absolute atomic E-state index is 0. The van der Waals surface area contributed by atoms with Gasteiger partial charge in [0.15, 0.2) is 5.96 Å². The molecule has 1 aromatic carbocycles. The molecule has 0 unspecified atom stereocenters. The van der Waals surface area contributed by atoms with Crippen molar-refractivity contribution in [3.05, 3.63) is 41.5 Å². The highest BCUT2D eigenvalue weighted by atomic mass is 127. The van der Waals surface area contributed by atoms with Crippen LogP contribution in [0.1, 0.15) is 25.2 Å². The molecule has 1 N–H and O–H groups in total. The summed E-state index contributed by atoms with van der Waals surface area (Å²) in [6, 6.07) is 6.61. The molecule has 0 saturated carbocycles. The molecule has 27 heavy (non-hydrogen) atoms. The highest BCUT2D eigenvalue weighted by molar-refractivity contribution is 14.0. The largest absolute Gasteiger partial charge is 0.357 e. The Morgan fingerprint density at radius 2 is 2.04 bits per heavy atom. The maximum absolute atomic E-state index is 13.3. The molecule has 0 amide bonds. The Labute approximate surface area is 181 Å². The molecular weight excluding hydrogens is 478 g/mol. The van der Waals surface area contributed by atoms with Crippen LogP contribution in [-0.4, -0.2) is 52.9 Å². The van der Waals surface area contributed by atoms with Crippen LogP contribution in [0.4, 0.5) is 9.52 Å². The standard InChI is InChI=1S/C18H25FN6S.HI/c1-3-16-22-18(26-23-16)25-10-8-24(9-11-25)17(20-4-2)21-13-14-6-5-7-15(19)12-14;/h5-7,12H,3-4,8-11,13H2,1-2H3,(H,20,21);1H. The molecule has 0 spiro atoms. The lowest BCUT2D eigenvalue weighted by Gasteiger charge is -2.36. The highest BCUT2D eigenvalue weighted by Crippen LogP contribution is 2.19. The van der Waals surface area contributed by atoms with Gasteiger partial charge in [0.05, 0.1) is 6.54 Å². The second kappa shape index (κ2) is 10.7. The van der Waals surface area contributed by atoms with Crippen molar-refractivity contribution in [2.45, 2.75) is 26.8 Å². The van der Waals surface area contributed by atoms with E-state index in [4.69, 9.17) is 0 Å². The molecule has 1 fully saturated rings. The number of anilines is 1. The van der Waals surface area contributed by atoms with Gasteiger partial charge in [-0.3, -0.25) is 0 Å². The summed E-state index contributed by atoms with van der Waals surface area (Å²) in [7, 11) is 0. The molecular formula is C18H26FIN6S. The fourth-order valence-electron chi connectivity index (χ4n) is 2.85. The molecule has 1 aliphatic rings. The molecule has 1 saturated heterocycles. The van der Waals surface area contributed by atoms with Gasteiger partial charge in [-0.25, -0.2) is 14.4 Å². The predicted molar refractivity (Wildman–Crippen MR) is 120 cm³/mol. The molecule has 1 aliphatic heterocycles. The number of aryl methyl sites for hydroxylation is 1. The molecule has 0 atom stereocenters. The first-order valence-corrected chi connectivity index (χ1v) is 9.82. The monoisotopic (exact) mass is 504 g/mol. The summed E-state index contributed by atoms with van der Waals surface area (Å²) in [5, 5.41) is 4.35. The summed E-state index contributed by atoms with van der Waals surface area (Å²) in [6.45, 7) is 8.93. The van der Waals surface area contributed by atoms with Crippen molar-refractivity contribution in [1.29, 1.82) is 0 Å². The Kier molecular flexibility index (Phi) is 8.68. The average Bonchev–Trinajstić information content (AvgIpc) is 3.15. The molecule has 148 valence electrons. The SMILES string of the molecule is CCNC(=NCc1cccc(F)c1)N1CCN(c2nc(CC)ns2)CC1.I. The van der Waals surface area contributed by atoms with Gasteiger partial charge in [-0.15, -0.1) is 24.0 Å². The smallest absolute Gasteiger partial charge is 0.205 e. The van der Waals surface area contributed by atoms with Crippen molar-refractivity contribution in [3.63, 3.8) is 0 Å². The summed E-state index contributed by atoms with van der Waals surface area (Å²) in [5.74, 6) is 1.57. The second-order valence-electron chi connectivity index (χ2n) is 6.12. The normalized spacial score (nSPS) is 14.9. The maximum Gasteiger partial charge on any atom is 0.205 e. The van der Waals surface area contributed by atoms with Gasteiger partial charge < -0.3 is 15.1 Å². The highest BCUT2D eigenvalue weighted by Gasteiger charge is 2.22. The number of hydrogen-bond acceptors (Lipinski definition) is 5. The zero-order chi connectivity index (χ0) is 18.4. The van der Waals surface area contributed by atoms with Gasteiger partial charge >= 0.3 is 0 Å². The Morgan fingerprint density at radius 3 is 2.67 bits per heavy atom. The lowest BCUT2D eigenvalue weighted by atomic mass is 10.2. The van der Waals surface area contributed by atoms with Crippen molar-refractivity contribution < 1.29 is 4.39 Å². The fourth-order valence-corrected chi connectivity index (χ4v) is 3.65. The van der Waals surface area contributed by atoms with E-state index in [1.165, 1.54) is 23.7 Å². The molecule has 2 heterocycles. The molecule has 0 aliphatic carbocycles. The fraction of sp³-hybridized carbons (Fsp3) is 0.500. The van der Waals surface area contributed by atoms with E-state index in [1.54, 1.807) is 6.07 Å². The number of hydrogen-bond donors (Lipinski definition) is 1. The third kappa shape index (κ3) is 6.00. The van der Waals surface area contributed by atoms with E-state index >= 15 is 0 Å². The minimum atomic E-state index is -0.222. The van der Waals surface area contributed by atoms with E-state index in [2.05, 4.69) is 43.3 Å². The van der Waals surface area contributed by atoms with Crippen LogP contribution in [0.15, 0.2) is 29.3 Å². The molecule has 0 radical (unpaired) electrons. The molecule has 2 aromatic rings. The van der Waals surface area contributed by atoms with Crippen LogP contribution in [0.5, 0.6) is 0 Å². The summed E-state index contributed by atoms with van der Waals surface area (Å²) < 4.78 is 17.7. The number of nitrogens with zero attached hydrogens (tertiary/aromatic N) is 5.